The van der Waals surface area contributed by atoms with E-state index in [1.807, 2.05) is 0 Å². The number of β-amino-alcohol motifs (C(OH)–C–C–N with tert-alkyl or cyclic N) is 1. The first-order chi connectivity index (χ1) is 6.61. The van der Waals surface area contributed by atoms with E-state index >= 15 is 0 Å². The van der Waals surface area contributed by atoms with E-state index in [0.29, 0.717) is 6.54 Å². The van der Waals surface area contributed by atoms with E-state index in [1.54, 1.807) is 0 Å². The predicted molar refractivity (Wildman–Crippen MR) is 55.4 cm³/mol. The van der Waals surface area contributed by atoms with Gasteiger partial charge in [-0.25, -0.2) is 4.79 Å². The lowest BCUT2D eigenvalue weighted by Crippen LogP contribution is -2.41. The zero-order valence-electron chi connectivity index (χ0n) is 9.07. The molecule has 2 N–H and O–H groups in total. The highest BCUT2D eigenvalue weighted by Crippen LogP contribution is 2.08. The number of amides is 1. The Bertz CT molecular complexity index is 159. The minimum absolute atomic E-state index is 0.273. The average Bonchev–Trinajstić information content (AvgIpc) is 2.18. The van der Waals surface area contributed by atoms with Crippen LogP contribution < -0.4 is 0 Å². The molecule has 1 aliphatic heterocycles. The van der Waals surface area contributed by atoms with Crippen LogP contribution in [0.25, 0.3) is 0 Å². The smallest absolute Gasteiger partial charge is 0.407 e. The second-order valence-electron chi connectivity index (χ2n) is 3.52. The van der Waals surface area contributed by atoms with Gasteiger partial charge >= 0.3 is 6.09 Å². The Labute approximate surface area is 85.5 Å². The van der Waals surface area contributed by atoms with Gasteiger partial charge in [0.15, 0.2) is 0 Å². The maximum absolute atomic E-state index is 10.3. The van der Waals surface area contributed by atoms with Crippen molar-refractivity contribution in [3.63, 3.8) is 0 Å². The topological polar surface area (TPSA) is 60.8 Å². The molecule has 0 bridgehead atoms. The van der Waals surface area contributed by atoms with Crippen LogP contribution in [0.1, 0.15) is 39.5 Å². The summed E-state index contributed by atoms with van der Waals surface area (Å²) in [6.45, 7) is 5.20. The quantitative estimate of drug-likeness (QED) is 0.684. The molecule has 1 heterocycles. The van der Waals surface area contributed by atoms with Crippen molar-refractivity contribution in [1.82, 2.24) is 4.90 Å². The molecule has 1 rings (SSSR count). The Hall–Kier alpha value is -0.770. The molecule has 1 amide bonds. The number of hydrogen-bond acceptors (Lipinski definition) is 2. The summed E-state index contributed by atoms with van der Waals surface area (Å²) >= 11 is 0. The van der Waals surface area contributed by atoms with Crippen LogP contribution in [-0.2, 0) is 0 Å². The first-order valence-electron chi connectivity index (χ1n) is 5.27. The highest BCUT2D eigenvalue weighted by Gasteiger charge is 2.20. The van der Waals surface area contributed by atoms with Crippen LogP contribution >= 0.6 is 0 Å². The van der Waals surface area contributed by atoms with Crippen molar-refractivity contribution < 1.29 is 15.0 Å². The zero-order valence-corrected chi connectivity index (χ0v) is 9.07. The molecule has 1 unspecified atom stereocenters. The number of aliphatic hydroxyl groups excluding tert-OH is 1. The van der Waals surface area contributed by atoms with E-state index in [1.165, 1.54) is 17.7 Å². The van der Waals surface area contributed by atoms with Crippen molar-refractivity contribution in [2.45, 2.75) is 45.6 Å². The minimum atomic E-state index is -0.932. The van der Waals surface area contributed by atoms with Gasteiger partial charge in [-0.05, 0) is 12.8 Å². The van der Waals surface area contributed by atoms with Crippen LogP contribution in [0.4, 0.5) is 4.79 Å². The highest BCUT2D eigenvalue weighted by atomic mass is 16.4. The summed E-state index contributed by atoms with van der Waals surface area (Å²) in [5.41, 5.74) is 0. The van der Waals surface area contributed by atoms with Crippen molar-refractivity contribution in [2.75, 3.05) is 13.1 Å². The predicted octanol–water partition coefficient (Wildman–Crippen LogP) is 1.93. The second-order valence-corrected chi connectivity index (χ2v) is 3.52. The number of hydrogen-bond donors (Lipinski definition) is 2. The van der Waals surface area contributed by atoms with Crippen LogP contribution in [0.5, 0.6) is 0 Å². The highest BCUT2D eigenvalue weighted by molar-refractivity contribution is 5.65. The number of aliphatic hydroxyl groups is 1. The van der Waals surface area contributed by atoms with Gasteiger partial charge in [0.25, 0.3) is 0 Å². The fourth-order valence-corrected chi connectivity index (χ4v) is 1.13. The van der Waals surface area contributed by atoms with Gasteiger partial charge in [-0.15, -0.1) is 0 Å². The maximum Gasteiger partial charge on any atom is 0.407 e. The zero-order chi connectivity index (χ0) is 11.0. The Kier molecular flexibility index (Phi) is 7.20. The molecule has 1 atom stereocenters. The molecule has 0 aromatic heterocycles. The molecule has 0 spiro atoms. The lowest BCUT2D eigenvalue weighted by Gasteiger charge is -2.27. The Morgan fingerprint density at radius 3 is 2.29 bits per heavy atom. The summed E-state index contributed by atoms with van der Waals surface area (Å²) < 4.78 is 0. The SMILES string of the molecule is CCCC.O=C(O)N1CCCC(O)C1. The van der Waals surface area contributed by atoms with Gasteiger partial charge in [-0.1, -0.05) is 26.7 Å². The summed E-state index contributed by atoms with van der Waals surface area (Å²) in [4.78, 5) is 11.6. The van der Waals surface area contributed by atoms with Gasteiger partial charge in [0.1, 0.15) is 0 Å². The molecule has 84 valence electrons. The standard InChI is InChI=1S/C6H11NO3.C4H10/c8-5-2-1-3-7(4-5)6(9)10;1-3-4-2/h5,8H,1-4H2,(H,9,10);3-4H2,1-2H3. The van der Waals surface area contributed by atoms with Crippen molar-refractivity contribution in [3.05, 3.63) is 0 Å². The second kappa shape index (κ2) is 7.62. The number of carbonyl (C=O) groups is 1. The van der Waals surface area contributed by atoms with E-state index in [0.717, 1.165) is 12.8 Å². The maximum atomic E-state index is 10.3. The van der Waals surface area contributed by atoms with Crippen molar-refractivity contribution in [2.24, 2.45) is 0 Å². The molecule has 4 heteroatoms. The van der Waals surface area contributed by atoms with Crippen LogP contribution in [0.2, 0.25) is 0 Å². The van der Waals surface area contributed by atoms with Crippen molar-refractivity contribution in [1.29, 1.82) is 0 Å². The molecule has 14 heavy (non-hydrogen) atoms. The lowest BCUT2D eigenvalue weighted by atomic mass is 10.1. The number of unbranched alkanes of at least 4 members (excludes halogenated alkanes) is 1. The molecule has 1 saturated heterocycles. The van der Waals surface area contributed by atoms with Crippen molar-refractivity contribution in [3.8, 4) is 0 Å². The molecule has 4 nitrogen and oxygen atoms in total. The Morgan fingerprint density at radius 2 is 2.00 bits per heavy atom. The Morgan fingerprint density at radius 1 is 1.43 bits per heavy atom. The van der Waals surface area contributed by atoms with Crippen LogP contribution in [0, 0.1) is 0 Å². The van der Waals surface area contributed by atoms with Gasteiger partial charge < -0.3 is 15.1 Å². The molecule has 0 aliphatic carbocycles. The third kappa shape index (κ3) is 5.80. The van der Waals surface area contributed by atoms with E-state index < -0.39 is 12.2 Å². The third-order valence-electron chi connectivity index (χ3n) is 2.17. The third-order valence-corrected chi connectivity index (χ3v) is 2.17. The van der Waals surface area contributed by atoms with Crippen LogP contribution in [0.15, 0.2) is 0 Å². The molecule has 1 fully saturated rings. The average molecular weight is 203 g/mol. The van der Waals surface area contributed by atoms with Gasteiger partial charge in [0.2, 0.25) is 0 Å². The van der Waals surface area contributed by atoms with Gasteiger partial charge in [0.05, 0.1) is 6.10 Å². The van der Waals surface area contributed by atoms with Gasteiger partial charge in [0, 0.05) is 13.1 Å². The van der Waals surface area contributed by atoms with Gasteiger partial charge in [-0.3, -0.25) is 0 Å². The first-order valence-corrected chi connectivity index (χ1v) is 5.27. The molecule has 0 saturated carbocycles. The van der Waals surface area contributed by atoms with Crippen LogP contribution in [-0.4, -0.2) is 40.4 Å². The fourth-order valence-electron chi connectivity index (χ4n) is 1.13. The fraction of sp³-hybridized carbons (Fsp3) is 0.900. The molecule has 0 aromatic rings. The first kappa shape index (κ1) is 13.2. The Balaban J connectivity index is 0.000000364. The molecule has 0 radical (unpaired) electrons. The number of nitrogens with zero attached hydrogens (tertiary/aromatic N) is 1. The number of carboxylic acid groups (broad SMARTS) is 1. The summed E-state index contributed by atoms with van der Waals surface area (Å²) in [6, 6.07) is 0. The van der Waals surface area contributed by atoms with Crippen molar-refractivity contribution >= 4 is 6.09 Å². The molecular formula is C10H21NO3. The molecule has 1 aliphatic rings. The summed E-state index contributed by atoms with van der Waals surface area (Å²) in [7, 11) is 0. The molecular weight excluding hydrogens is 182 g/mol. The van der Waals surface area contributed by atoms with Crippen LogP contribution in [0.3, 0.4) is 0 Å². The summed E-state index contributed by atoms with van der Waals surface area (Å²) in [5, 5.41) is 17.5. The van der Waals surface area contributed by atoms with E-state index in [9.17, 15) is 4.79 Å². The monoisotopic (exact) mass is 203 g/mol. The summed E-state index contributed by atoms with van der Waals surface area (Å²) in [6.07, 6.45) is 2.75. The number of rotatable bonds is 1. The van der Waals surface area contributed by atoms with E-state index in [2.05, 4.69) is 13.8 Å². The lowest BCUT2D eigenvalue weighted by molar-refractivity contribution is 0.0660. The normalized spacial score (nSPS) is 21.1. The molecule has 0 aromatic carbocycles. The minimum Gasteiger partial charge on any atom is -0.465 e. The van der Waals surface area contributed by atoms with E-state index in [4.69, 9.17) is 10.2 Å². The number of likely N-dealkylation sites (tertiary alicyclic amines) is 1. The van der Waals surface area contributed by atoms with E-state index in [-0.39, 0.29) is 6.54 Å². The van der Waals surface area contributed by atoms with Gasteiger partial charge in [-0.2, -0.15) is 0 Å². The summed E-state index contributed by atoms with van der Waals surface area (Å²) in [5.74, 6) is 0. The largest absolute Gasteiger partial charge is 0.465 e. The number of piperidine rings is 1.